The highest BCUT2D eigenvalue weighted by molar-refractivity contribution is 7.80. The van der Waals surface area contributed by atoms with Gasteiger partial charge in [0, 0.05) is 6.54 Å². The summed E-state index contributed by atoms with van der Waals surface area (Å²) < 4.78 is 1.38. The number of benzene rings is 2. The standard InChI is InChI=1S/C18H18N4OS/c1-13-20-16-10-6-5-9-15(16)17(23)22(13)21-18(24)19-12-11-14-7-3-2-4-8-14/h2-10H,11-12H2,1H3,(H2,19,21,24). The SMILES string of the molecule is Cc1nc2ccccc2c(=O)n1NC(=S)NCCc1ccccc1. The molecule has 0 bridgehead atoms. The van der Waals surface area contributed by atoms with E-state index >= 15 is 0 Å². The van der Waals surface area contributed by atoms with Crippen molar-refractivity contribution in [1.82, 2.24) is 15.0 Å². The van der Waals surface area contributed by atoms with Crippen LogP contribution in [0.3, 0.4) is 0 Å². The summed E-state index contributed by atoms with van der Waals surface area (Å²) in [6, 6.07) is 17.4. The maximum Gasteiger partial charge on any atom is 0.280 e. The van der Waals surface area contributed by atoms with Crippen molar-refractivity contribution in [2.45, 2.75) is 13.3 Å². The Hall–Kier alpha value is -2.73. The minimum Gasteiger partial charge on any atom is -0.361 e. The van der Waals surface area contributed by atoms with Crippen LogP contribution in [-0.4, -0.2) is 21.3 Å². The molecule has 122 valence electrons. The lowest BCUT2D eigenvalue weighted by atomic mass is 10.1. The molecule has 6 heteroatoms. The molecule has 0 aliphatic carbocycles. The Kier molecular flexibility index (Phi) is 4.86. The minimum atomic E-state index is -0.162. The van der Waals surface area contributed by atoms with Crippen LogP contribution >= 0.6 is 12.2 Å². The molecule has 0 saturated carbocycles. The van der Waals surface area contributed by atoms with Crippen LogP contribution in [0.2, 0.25) is 0 Å². The first-order chi connectivity index (χ1) is 11.6. The molecule has 0 unspecified atom stereocenters. The first-order valence-electron chi connectivity index (χ1n) is 7.72. The molecule has 0 saturated heterocycles. The van der Waals surface area contributed by atoms with Crippen LogP contribution in [-0.2, 0) is 6.42 Å². The molecule has 0 fully saturated rings. The smallest absolute Gasteiger partial charge is 0.280 e. The molecule has 0 spiro atoms. The minimum absolute atomic E-state index is 0.162. The normalized spacial score (nSPS) is 10.5. The van der Waals surface area contributed by atoms with E-state index in [9.17, 15) is 4.79 Å². The lowest BCUT2D eigenvalue weighted by molar-refractivity contribution is 0.807. The topological polar surface area (TPSA) is 59.0 Å². The maximum atomic E-state index is 12.6. The lowest BCUT2D eigenvalue weighted by Gasteiger charge is -2.15. The lowest BCUT2D eigenvalue weighted by Crippen LogP contribution is -2.41. The molecule has 5 nitrogen and oxygen atoms in total. The number of hydrogen-bond acceptors (Lipinski definition) is 3. The second kappa shape index (κ2) is 7.23. The van der Waals surface area contributed by atoms with Crippen LogP contribution in [0.15, 0.2) is 59.4 Å². The fraction of sp³-hybridized carbons (Fsp3) is 0.167. The largest absolute Gasteiger partial charge is 0.361 e. The van der Waals surface area contributed by atoms with Crippen LogP contribution in [0.4, 0.5) is 0 Å². The van der Waals surface area contributed by atoms with E-state index in [0.29, 0.717) is 28.4 Å². The van der Waals surface area contributed by atoms with E-state index in [-0.39, 0.29) is 5.56 Å². The van der Waals surface area contributed by atoms with E-state index in [4.69, 9.17) is 12.2 Å². The van der Waals surface area contributed by atoms with Crippen molar-refractivity contribution in [2.24, 2.45) is 0 Å². The van der Waals surface area contributed by atoms with Gasteiger partial charge in [-0.25, -0.2) is 9.66 Å². The predicted octanol–water partition coefficient (Wildman–Crippen LogP) is 2.37. The molecule has 0 amide bonds. The number of nitrogens with one attached hydrogen (secondary N) is 2. The van der Waals surface area contributed by atoms with Crippen molar-refractivity contribution in [3.63, 3.8) is 0 Å². The molecule has 3 aromatic rings. The molecule has 0 aliphatic rings. The van der Waals surface area contributed by atoms with Gasteiger partial charge in [0.1, 0.15) is 5.82 Å². The van der Waals surface area contributed by atoms with Gasteiger partial charge in [-0.1, -0.05) is 42.5 Å². The second-order valence-electron chi connectivity index (χ2n) is 5.42. The second-order valence-corrected chi connectivity index (χ2v) is 5.83. The van der Waals surface area contributed by atoms with Crippen LogP contribution in [0.5, 0.6) is 0 Å². The van der Waals surface area contributed by atoms with Crippen LogP contribution in [0, 0.1) is 6.92 Å². The van der Waals surface area contributed by atoms with Gasteiger partial charge in [0.05, 0.1) is 10.9 Å². The van der Waals surface area contributed by atoms with Gasteiger partial charge in [0.25, 0.3) is 5.56 Å². The Morgan fingerprint density at radius 2 is 1.83 bits per heavy atom. The number of nitrogens with zero attached hydrogens (tertiary/aromatic N) is 2. The van der Waals surface area contributed by atoms with Gasteiger partial charge in [-0.2, -0.15) is 0 Å². The summed E-state index contributed by atoms with van der Waals surface area (Å²) in [6.45, 7) is 2.46. The summed E-state index contributed by atoms with van der Waals surface area (Å²) in [7, 11) is 0. The van der Waals surface area contributed by atoms with Crippen LogP contribution in [0.25, 0.3) is 10.9 Å². The van der Waals surface area contributed by atoms with Gasteiger partial charge in [-0.15, -0.1) is 0 Å². The molecule has 24 heavy (non-hydrogen) atoms. The molecule has 3 rings (SSSR count). The highest BCUT2D eigenvalue weighted by Gasteiger charge is 2.08. The van der Waals surface area contributed by atoms with Crippen molar-refractivity contribution in [3.8, 4) is 0 Å². The molecule has 0 aliphatic heterocycles. The highest BCUT2D eigenvalue weighted by atomic mass is 32.1. The molecule has 2 N–H and O–H groups in total. The van der Waals surface area contributed by atoms with Crippen molar-refractivity contribution in [3.05, 3.63) is 76.3 Å². The third-order valence-corrected chi connectivity index (χ3v) is 3.93. The predicted molar refractivity (Wildman–Crippen MR) is 101 cm³/mol. The summed E-state index contributed by atoms with van der Waals surface area (Å²) in [5, 5.41) is 4.07. The molecular formula is C18H18N4OS. The van der Waals surface area contributed by atoms with Crippen molar-refractivity contribution in [1.29, 1.82) is 0 Å². The first kappa shape index (κ1) is 16.1. The Labute approximate surface area is 145 Å². The molecule has 1 heterocycles. The Bertz CT molecular complexity index is 921. The van der Waals surface area contributed by atoms with E-state index in [1.165, 1.54) is 10.2 Å². The quantitative estimate of drug-likeness (QED) is 0.715. The Morgan fingerprint density at radius 1 is 1.12 bits per heavy atom. The fourth-order valence-corrected chi connectivity index (χ4v) is 2.67. The number of aryl methyl sites for hydroxylation is 1. The highest BCUT2D eigenvalue weighted by Crippen LogP contribution is 2.06. The summed E-state index contributed by atoms with van der Waals surface area (Å²) in [5.74, 6) is 0.561. The van der Waals surface area contributed by atoms with E-state index < -0.39 is 0 Å². The van der Waals surface area contributed by atoms with Crippen molar-refractivity contribution >= 4 is 28.2 Å². The number of fused-ring (bicyclic) bond motifs is 1. The molecule has 0 atom stereocenters. The van der Waals surface area contributed by atoms with Gasteiger partial charge in [-0.05, 0) is 43.3 Å². The number of rotatable bonds is 4. The number of thiocarbonyl (C=S) groups is 1. The Balaban J connectivity index is 1.68. The molecular weight excluding hydrogens is 320 g/mol. The third kappa shape index (κ3) is 3.60. The average molecular weight is 338 g/mol. The van der Waals surface area contributed by atoms with E-state index in [2.05, 4.69) is 27.9 Å². The zero-order valence-electron chi connectivity index (χ0n) is 13.3. The van der Waals surface area contributed by atoms with Crippen molar-refractivity contribution < 1.29 is 0 Å². The Morgan fingerprint density at radius 3 is 2.62 bits per heavy atom. The third-order valence-electron chi connectivity index (χ3n) is 3.70. The van der Waals surface area contributed by atoms with Gasteiger partial charge < -0.3 is 5.32 Å². The molecule has 2 aromatic carbocycles. The summed E-state index contributed by atoms with van der Waals surface area (Å²) >= 11 is 5.28. The zero-order chi connectivity index (χ0) is 16.9. The van der Waals surface area contributed by atoms with Gasteiger partial charge in [-0.3, -0.25) is 10.2 Å². The van der Waals surface area contributed by atoms with Gasteiger partial charge in [0.15, 0.2) is 5.11 Å². The number of aromatic nitrogens is 2. The number of para-hydroxylation sites is 1. The average Bonchev–Trinajstić information content (AvgIpc) is 2.59. The summed E-state index contributed by atoms with van der Waals surface area (Å²) in [5.41, 5.74) is 4.67. The van der Waals surface area contributed by atoms with Crippen LogP contribution in [0.1, 0.15) is 11.4 Å². The van der Waals surface area contributed by atoms with Crippen molar-refractivity contribution in [2.75, 3.05) is 12.0 Å². The van der Waals surface area contributed by atoms with Gasteiger partial charge >= 0.3 is 0 Å². The maximum absolute atomic E-state index is 12.6. The first-order valence-corrected chi connectivity index (χ1v) is 8.13. The van der Waals surface area contributed by atoms with Gasteiger partial charge in [0.2, 0.25) is 0 Å². The number of hydrogen-bond donors (Lipinski definition) is 2. The van der Waals surface area contributed by atoms with E-state index in [1.807, 2.05) is 36.4 Å². The molecule has 0 radical (unpaired) electrons. The zero-order valence-corrected chi connectivity index (χ0v) is 14.1. The summed E-state index contributed by atoms with van der Waals surface area (Å²) in [6.07, 6.45) is 0.854. The van der Waals surface area contributed by atoms with E-state index in [0.717, 1.165) is 6.42 Å². The van der Waals surface area contributed by atoms with E-state index in [1.54, 1.807) is 13.0 Å². The summed E-state index contributed by atoms with van der Waals surface area (Å²) in [4.78, 5) is 17.0. The monoisotopic (exact) mass is 338 g/mol. The fourth-order valence-electron chi connectivity index (χ4n) is 2.48. The van der Waals surface area contributed by atoms with Crippen LogP contribution < -0.4 is 16.3 Å². The molecule has 1 aromatic heterocycles.